The second-order valence-corrected chi connectivity index (χ2v) is 6.35. The second kappa shape index (κ2) is 5.70. The highest BCUT2D eigenvalue weighted by atomic mass is 16.6. The lowest BCUT2D eigenvalue weighted by molar-refractivity contribution is -0.385. The van der Waals surface area contributed by atoms with Gasteiger partial charge in [-0.15, -0.1) is 0 Å². The van der Waals surface area contributed by atoms with Gasteiger partial charge in [-0.25, -0.2) is 0 Å². The Kier molecular flexibility index (Phi) is 3.49. The Morgan fingerprint density at radius 1 is 0.960 bits per heavy atom. The summed E-state index contributed by atoms with van der Waals surface area (Å²) in [7, 11) is 0. The topological polar surface area (TPSA) is 98.3 Å². The SMILES string of the molecule is O=[N+]([O-])c1ccc([C@H]2Nc3cc([N+](=O)[O-])ccc3[C@H]3C=CC[C@H]32)cc1. The third kappa shape index (κ3) is 2.53. The first kappa shape index (κ1) is 15.3. The summed E-state index contributed by atoms with van der Waals surface area (Å²) in [6.07, 6.45) is 5.18. The van der Waals surface area contributed by atoms with E-state index in [1.807, 2.05) is 6.07 Å². The highest BCUT2D eigenvalue weighted by Crippen LogP contribution is 2.50. The van der Waals surface area contributed by atoms with Crippen molar-refractivity contribution in [2.45, 2.75) is 18.4 Å². The molecule has 2 aromatic carbocycles. The number of nitrogens with one attached hydrogen (secondary N) is 1. The smallest absolute Gasteiger partial charge is 0.271 e. The van der Waals surface area contributed by atoms with Crippen molar-refractivity contribution in [1.29, 1.82) is 0 Å². The van der Waals surface area contributed by atoms with Crippen LogP contribution in [0.3, 0.4) is 0 Å². The molecule has 1 aliphatic carbocycles. The van der Waals surface area contributed by atoms with Crippen LogP contribution in [0.15, 0.2) is 54.6 Å². The predicted octanol–water partition coefficient (Wildman–Crippen LogP) is 4.33. The van der Waals surface area contributed by atoms with E-state index in [2.05, 4.69) is 17.5 Å². The normalized spacial score (nSPS) is 23.4. The lowest BCUT2D eigenvalue weighted by Gasteiger charge is -2.37. The molecule has 1 N–H and O–H groups in total. The van der Waals surface area contributed by atoms with Gasteiger partial charge in [0.1, 0.15) is 0 Å². The largest absolute Gasteiger partial charge is 0.377 e. The number of rotatable bonds is 3. The molecule has 126 valence electrons. The number of hydrogen-bond donors (Lipinski definition) is 1. The Morgan fingerprint density at radius 2 is 1.64 bits per heavy atom. The zero-order valence-corrected chi connectivity index (χ0v) is 13.2. The molecule has 0 radical (unpaired) electrons. The van der Waals surface area contributed by atoms with Gasteiger partial charge in [0.2, 0.25) is 0 Å². The van der Waals surface area contributed by atoms with E-state index >= 15 is 0 Å². The maximum Gasteiger partial charge on any atom is 0.271 e. The van der Waals surface area contributed by atoms with E-state index in [0.717, 1.165) is 23.2 Å². The molecule has 1 heterocycles. The van der Waals surface area contributed by atoms with Crippen LogP contribution in [0.1, 0.15) is 29.5 Å². The maximum atomic E-state index is 11.1. The van der Waals surface area contributed by atoms with Gasteiger partial charge in [-0.05, 0) is 29.5 Å². The number of fused-ring (bicyclic) bond motifs is 3. The second-order valence-electron chi connectivity index (χ2n) is 6.35. The van der Waals surface area contributed by atoms with Crippen molar-refractivity contribution in [3.8, 4) is 0 Å². The van der Waals surface area contributed by atoms with Crippen LogP contribution in [0.25, 0.3) is 0 Å². The van der Waals surface area contributed by atoms with Crippen molar-refractivity contribution in [2.24, 2.45) is 5.92 Å². The van der Waals surface area contributed by atoms with Gasteiger partial charge >= 0.3 is 0 Å². The average Bonchev–Trinajstić information content (AvgIpc) is 3.10. The van der Waals surface area contributed by atoms with Crippen LogP contribution in [0.4, 0.5) is 17.1 Å². The first-order chi connectivity index (χ1) is 12.0. The van der Waals surface area contributed by atoms with Crippen LogP contribution < -0.4 is 5.32 Å². The number of hydrogen-bond acceptors (Lipinski definition) is 5. The first-order valence-electron chi connectivity index (χ1n) is 8.00. The number of nitro benzene ring substituents is 2. The Morgan fingerprint density at radius 3 is 2.32 bits per heavy atom. The molecule has 1 aliphatic heterocycles. The summed E-state index contributed by atoms with van der Waals surface area (Å²) in [4.78, 5) is 21.1. The maximum absolute atomic E-state index is 11.1. The van der Waals surface area contributed by atoms with E-state index in [1.165, 1.54) is 18.2 Å². The van der Waals surface area contributed by atoms with Gasteiger partial charge in [-0.3, -0.25) is 20.2 Å². The fraction of sp³-hybridized carbons (Fsp3) is 0.222. The minimum Gasteiger partial charge on any atom is -0.377 e. The molecular weight excluding hydrogens is 322 g/mol. The average molecular weight is 337 g/mol. The molecule has 0 bridgehead atoms. The number of anilines is 1. The van der Waals surface area contributed by atoms with Crippen LogP contribution >= 0.6 is 0 Å². The van der Waals surface area contributed by atoms with E-state index < -0.39 is 9.85 Å². The fourth-order valence-electron chi connectivity index (χ4n) is 3.83. The highest BCUT2D eigenvalue weighted by molar-refractivity contribution is 5.63. The molecule has 0 saturated carbocycles. The molecule has 0 amide bonds. The number of nitrogens with zero attached hydrogens (tertiary/aromatic N) is 2. The molecule has 4 rings (SSSR count). The van der Waals surface area contributed by atoms with Crippen molar-refractivity contribution in [2.75, 3.05) is 5.32 Å². The number of benzene rings is 2. The number of allylic oxidation sites excluding steroid dienone is 2. The van der Waals surface area contributed by atoms with E-state index in [0.29, 0.717) is 0 Å². The molecule has 7 nitrogen and oxygen atoms in total. The summed E-state index contributed by atoms with van der Waals surface area (Å²) in [5.74, 6) is 0.479. The molecule has 0 spiro atoms. The van der Waals surface area contributed by atoms with Crippen LogP contribution in [0.2, 0.25) is 0 Å². The summed E-state index contributed by atoms with van der Waals surface area (Å²) < 4.78 is 0. The lowest BCUT2D eigenvalue weighted by atomic mass is 9.77. The fourth-order valence-corrected chi connectivity index (χ4v) is 3.83. The van der Waals surface area contributed by atoms with Crippen LogP contribution in [-0.4, -0.2) is 9.85 Å². The van der Waals surface area contributed by atoms with Gasteiger partial charge in [0, 0.05) is 35.9 Å². The molecule has 0 fully saturated rings. The summed E-state index contributed by atoms with van der Waals surface area (Å²) in [6, 6.07) is 11.4. The van der Waals surface area contributed by atoms with E-state index in [1.54, 1.807) is 18.2 Å². The number of non-ortho nitro benzene ring substituents is 2. The molecule has 2 aliphatic rings. The van der Waals surface area contributed by atoms with Gasteiger partial charge in [0.05, 0.1) is 15.9 Å². The summed E-state index contributed by atoms with van der Waals surface area (Å²) >= 11 is 0. The Balaban J connectivity index is 1.74. The molecule has 0 aromatic heterocycles. The van der Waals surface area contributed by atoms with E-state index in [4.69, 9.17) is 0 Å². The predicted molar refractivity (Wildman–Crippen MR) is 92.5 cm³/mol. The van der Waals surface area contributed by atoms with Crippen molar-refractivity contribution in [3.63, 3.8) is 0 Å². The molecule has 2 aromatic rings. The molecular formula is C18H15N3O4. The molecule has 3 atom stereocenters. The van der Waals surface area contributed by atoms with E-state index in [-0.39, 0.29) is 29.3 Å². The Labute approximate surface area is 143 Å². The third-order valence-electron chi connectivity index (χ3n) is 5.02. The quantitative estimate of drug-likeness (QED) is 0.510. The minimum atomic E-state index is -0.420. The van der Waals surface area contributed by atoms with Crippen LogP contribution in [0, 0.1) is 26.1 Å². The summed E-state index contributed by atoms with van der Waals surface area (Å²) in [5.41, 5.74) is 2.86. The van der Waals surface area contributed by atoms with Crippen molar-refractivity contribution in [1.82, 2.24) is 0 Å². The Bertz CT molecular complexity index is 892. The van der Waals surface area contributed by atoms with Crippen molar-refractivity contribution < 1.29 is 9.85 Å². The molecule has 0 saturated heterocycles. The molecule has 0 unspecified atom stereocenters. The van der Waals surface area contributed by atoms with Crippen molar-refractivity contribution >= 4 is 17.1 Å². The van der Waals surface area contributed by atoms with Gasteiger partial charge in [0.15, 0.2) is 0 Å². The first-order valence-corrected chi connectivity index (χ1v) is 8.00. The number of nitro groups is 2. The van der Waals surface area contributed by atoms with Gasteiger partial charge in [-0.1, -0.05) is 24.3 Å². The standard InChI is InChI=1S/C18H15N3O4/c22-20(23)12-6-4-11(5-7-12)18-16-3-1-2-14(16)15-9-8-13(21(24)25)10-17(15)19-18/h1-2,4-10,14,16,18-19H,3H2/t14-,16-,18-/m1/s1. The van der Waals surface area contributed by atoms with Gasteiger partial charge in [0.25, 0.3) is 11.4 Å². The van der Waals surface area contributed by atoms with Gasteiger partial charge in [-0.2, -0.15) is 0 Å². The van der Waals surface area contributed by atoms with Crippen molar-refractivity contribution in [3.05, 3.63) is 86.0 Å². The van der Waals surface area contributed by atoms with Crippen LogP contribution in [-0.2, 0) is 0 Å². The highest BCUT2D eigenvalue weighted by Gasteiger charge is 2.38. The zero-order chi connectivity index (χ0) is 17.6. The monoisotopic (exact) mass is 337 g/mol. The lowest BCUT2D eigenvalue weighted by Crippen LogP contribution is -2.29. The summed E-state index contributed by atoms with van der Waals surface area (Å²) in [6.45, 7) is 0. The Hall–Kier alpha value is -3.22. The van der Waals surface area contributed by atoms with E-state index in [9.17, 15) is 20.2 Å². The van der Waals surface area contributed by atoms with Gasteiger partial charge < -0.3 is 5.32 Å². The zero-order valence-electron chi connectivity index (χ0n) is 13.2. The molecule has 7 heteroatoms. The molecule has 25 heavy (non-hydrogen) atoms. The summed E-state index contributed by atoms with van der Waals surface area (Å²) in [5, 5.41) is 25.3. The minimum absolute atomic E-state index is 0.0460. The third-order valence-corrected chi connectivity index (χ3v) is 5.02. The van der Waals surface area contributed by atoms with Crippen LogP contribution in [0.5, 0.6) is 0 Å².